The number of carbonyl (C=O) groups excluding carboxylic acids is 1. The molecule has 0 amide bonds. The Kier molecular flexibility index (Phi) is 7.58. The van der Waals surface area contributed by atoms with E-state index in [1.807, 2.05) is 37.3 Å². The topological polar surface area (TPSA) is 107 Å². The van der Waals surface area contributed by atoms with Crippen LogP contribution in [0.3, 0.4) is 0 Å². The Bertz CT molecular complexity index is 629. The lowest BCUT2D eigenvalue weighted by Crippen LogP contribution is -2.05. The molecule has 4 N–H and O–H groups in total. The van der Waals surface area contributed by atoms with E-state index in [1.165, 1.54) is 0 Å². The first-order valence-corrected chi connectivity index (χ1v) is 7.51. The van der Waals surface area contributed by atoms with Crippen molar-refractivity contribution in [3.8, 4) is 17.2 Å². The second-order valence-electron chi connectivity index (χ2n) is 5.09. The third-order valence-electron chi connectivity index (χ3n) is 3.02. The van der Waals surface area contributed by atoms with Crippen LogP contribution in [0, 0.1) is 0 Å². The maximum absolute atomic E-state index is 11.3. The molecule has 2 rings (SSSR count). The summed E-state index contributed by atoms with van der Waals surface area (Å²) in [4.78, 5) is 11.3. The minimum atomic E-state index is -0.651. The van der Waals surface area contributed by atoms with Gasteiger partial charge in [-0.1, -0.05) is 37.3 Å². The Balaban J connectivity index is 0.000000272. The molecule has 6 heteroatoms. The molecular weight excluding hydrogens is 312 g/mol. The van der Waals surface area contributed by atoms with Gasteiger partial charge in [0.15, 0.2) is 17.2 Å². The van der Waals surface area contributed by atoms with Crippen molar-refractivity contribution in [1.82, 2.24) is 0 Å². The maximum atomic E-state index is 11.3. The van der Waals surface area contributed by atoms with Gasteiger partial charge in [-0.2, -0.15) is 0 Å². The molecule has 2 aromatic rings. The van der Waals surface area contributed by atoms with Crippen LogP contribution in [-0.2, 0) is 4.74 Å². The van der Waals surface area contributed by atoms with Crippen molar-refractivity contribution in [1.29, 1.82) is 0 Å². The van der Waals surface area contributed by atoms with Crippen molar-refractivity contribution in [3.05, 3.63) is 53.6 Å². The average Bonchev–Trinajstić information content (AvgIpc) is 2.58. The summed E-state index contributed by atoms with van der Waals surface area (Å²) in [5, 5.41) is 36.3. The van der Waals surface area contributed by atoms with Gasteiger partial charge in [0.2, 0.25) is 0 Å². The molecule has 6 nitrogen and oxygen atoms in total. The Morgan fingerprint density at radius 2 is 1.62 bits per heavy atom. The van der Waals surface area contributed by atoms with Crippen LogP contribution in [0.2, 0.25) is 0 Å². The van der Waals surface area contributed by atoms with E-state index in [4.69, 9.17) is 25.2 Å². The number of carbonyl (C=O) groups is 1. The number of rotatable bonds is 4. The number of ether oxygens (including phenoxy) is 1. The number of phenols is 3. The number of aliphatic hydroxyl groups is 1. The van der Waals surface area contributed by atoms with Crippen LogP contribution in [0.25, 0.3) is 0 Å². The normalized spacial score (nSPS) is 11.1. The predicted molar refractivity (Wildman–Crippen MR) is 89.1 cm³/mol. The van der Waals surface area contributed by atoms with E-state index in [1.54, 1.807) is 6.92 Å². The molecule has 24 heavy (non-hydrogen) atoms. The molecule has 0 aliphatic carbocycles. The summed E-state index contributed by atoms with van der Waals surface area (Å²) >= 11 is 0. The van der Waals surface area contributed by atoms with Gasteiger partial charge in [-0.05, 0) is 31.0 Å². The Morgan fingerprint density at radius 1 is 1.08 bits per heavy atom. The molecule has 0 radical (unpaired) electrons. The SMILES string of the molecule is CC(O)c1ccccc1.CCCOC(=O)c1cc(O)c(O)c(O)c1. The van der Waals surface area contributed by atoms with Crippen LogP contribution in [0.5, 0.6) is 17.2 Å². The summed E-state index contributed by atoms with van der Waals surface area (Å²) in [7, 11) is 0. The number of hydrogen-bond acceptors (Lipinski definition) is 6. The Labute approximate surface area is 140 Å². The summed E-state index contributed by atoms with van der Waals surface area (Å²) in [5.74, 6) is -2.42. The van der Waals surface area contributed by atoms with Crippen molar-refractivity contribution in [2.75, 3.05) is 6.61 Å². The quantitative estimate of drug-likeness (QED) is 0.505. The Hall–Kier alpha value is -2.73. The highest BCUT2D eigenvalue weighted by Crippen LogP contribution is 2.35. The van der Waals surface area contributed by atoms with Crippen molar-refractivity contribution < 1.29 is 30.0 Å². The van der Waals surface area contributed by atoms with Crippen molar-refractivity contribution >= 4 is 5.97 Å². The molecule has 0 saturated carbocycles. The lowest BCUT2D eigenvalue weighted by Gasteiger charge is -2.05. The molecule has 2 aromatic carbocycles. The number of aliphatic hydroxyl groups excluding tert-OH is 1. The lowest BCUT2D eigenvalue weighted by atomic mass is 10.1. The average molecular weight is 334 g/mol. The van der Waals surface area contributed by atoms with Gasteiger partial charge in [0, 0.05) is 0 Å². The van der Waals surface area contributed by atoms with Gasteiger partial charge in [-0.3, -0.25) is 0 Å². The summed E-state index contributed by atoms with van der Waals surface area (Å²) in [6, 6.07) is 11.7. The van der Waals surface area contributed by atoms with Gasteiger partial charge >= 0.3 is 5.97 Å². The first kappa shape index (κ1) is 19.3. The van der Waals surface area contributed by atoms with Crippen LogP contribution in [0.4, 0.5) is 0 Å². The molecule has 1 unspecified atom stereocenters. The molecule has 0 aliphatic heterocycles. The third-order valence-corrected chi connectivity index (χ3v) is 3.02. The minimum absolute atomic E-state index is 0.00347. The fraction of sp³-hybridized carbons (Fsp3) is 0.278. The zero-order chi connectivity index (χ0) is 18.1. The number of aromatic hydroxyl groups is 3. The number of benzene rings is 2. The molecule has 130 valence electrons. The predicted octanol–water partition coefficient (Wildman–Crippen LogP) is 3.11. The highest BCUT2D eigenvalue weighted by Gasteiger charge is 2.14. The third kappa shape index (κ3) is 5.81. The van der Waals surface area contributed by atoms with E-state index in [-0.39, 0.29) is 18.3 Å². The molecule has 1 atom stereocenters. The highest BCUT2D eigenvalue weighted by atomic mass is 16.5. The van der Waals surface area contributed by atoms with Crippen LogP contribution < -0.4 is 0 Å². The second-order valence-corrected chi connectivity index (χ2v) is 5.09. The van der Waals surface area contributed by atoms with E-state index >= 15 is 0 Å². The zero-order valence-electron chi connectivity index (χ0n) is 13.6. The van der Waals surface area contributed by atoms with E-state index < -0.39 is 23.2 Å². The van der Waals surface area contributed by atoms with E-state index in [2.05, 4.69) is 0 Å². The summed E-state index contributed by atoms with van der Waals surface area (Å²) in [5.41, 5.74) is 0.966. The molecular formula is C18H22O6. The minimum Gasteiger partial charge on any atom is -0.504 e. The van der Waals surface area contributed by atoms with E-state index in [0.29, 0.717) is 6.42 Å². The van der Waals surface area contributed by atoms with Gasteiger partial charge in [0.25, 0.3) is 0 Å². The van der Waals surface area contributed by atoms with Crippen LogP contribution in [0.1, 0.15) is 42.3 Å². The van der Waals surface area contributed by atoms with E-state index in [0.717, 1.165) is 17.7 Å². The number of hydrogen-bond donors (Lipinski definition) is 4. The van der Waals surface area contributed by atoms with Crippen LogP contribution in [0.15, 0.2) is 42.5 Å². The van der Waals surface area contributed by atoms with Gasteiger partial charge in [-0.15, -0.1) is 0 Å². The molecule has 0 aliphatic rings. The molecule has 0 spiro atoms. The van der Waals surface area contributed by atoms with Gasteiger partial charge < -0.3 is 25.2 Å². The lowest BCUT2D eigenvalue weighted by molar-refractivity contribution is 0.0504. The van der Waals surface area contributed by atoms with Crippen LogP contribution >= 0.6 is 0 Å². The molecule has 0 saturated heterocycles. The van der Waals surface area contributed by atoms with Crippen molar-refractivity contribution in [2.45, 2.75) is 26.4 Å². The molecule has 0 heterocycles. The van der Waals surface area contributed by atoms with Crippen molar-refractivity contribution in [2.24, 2.45) is 0 Å². The zero-order valence-corrected chi connectivity index (χ0v) is 13.6. The number of esters is 1. The van der Waals surface area contributed by atoms with E-state index in [9.17, 15) is 4.79 Å². The molecule has 0 bridgehead atoms. The second kappa shape index (κ2) is 9.42. The fourth-order valence-electron chi connectivity index (χ4n) is 1.73. The summed E-state index contributed by atoms with van der Waals surface area (Å²) < 4.78 is 4.78. The monoisotopic (exact) mass is 334 g/mol. The van der Waals surface area contributed by atoms with Gasteiger partial charge in [0.1, 0.15) is 0 Å². The first-order valence-electron chi connectivity index (χ1n) is 7.51. The summed E-state index contributed by atoms with van der Waals surface area (Å²) in [6.07, 6.45) is 0.341. The smallest absolute Gasteiger partial charge is 0.338 e. The Morgan fingerprint density at radius 3 is 2.04 bits per heavy atom. The molecule has 0 aromatic heterocycles. The van der Waals surface area contributed by atoms with Crippen LogP contribution in [-0.4, -0.2) is 33.0 Å². The number of phenolic OH excluding ortho intramolecular Hbond substituents is 3. The van der Waals surface area contributed by atoms with Gasteiger partial charge in [0.05, 0.1) is 18.3 Å². The largest absolute Gasteiger partial charge is 0.504 e. The standard InChI is InChI=1S/C10H12O5.C8H10O/c1-2-3-15-10(14)6-4-7(11)9(13)8(12)5-6;1-7(9)8-5-3-2-4-6-8/h4-5,11-13H,2-3H2,1H3;2-7,9H,1H3. The van der Waals surface area contributed by atoms with Gasteiger partial charge in [-0.25, -0.2) is 4.79 Å². The maximum Gasteiger partial charge on any atom is 0.338 e. The molecule has 0 fully saturated rings. The highest BCUT2D eigenvalue weighted by molar-refractivity contribution is 5.91. The van der Waals surface area contributed by atoms with Crippen molar-refractivity contribution in [3.63, 3.8) is 0 Å². The first-order chi connectivity index (χ1) is 11.4. The fourth-order valence-corrected chi connectivity index (χ4v) is 1.73. The summed E-state index contributed by atoms with van der Waals surface area (Å²) in [6.45, 7) is 3.87.